The highest BCUT2D eigenvalue weighted by molar-refractivity contribution is 5.22. The molecule has 1 aliphatic heterocycles. The van der Waals surface area contributed by atoms with Gasteiger partial charge in [0, 0.05) is 12.1 Å². The molecule has 44 valence electrons. The van der Waals surface area contributed by atoms with E-state index in [1.54, 1.807) is 0 Å². The van der Waals surface area contributed by atoms with Crippen LogP contribution in [0.15, 0.2) is 23.3 Å². The molecule has 9 heavy (non-hydrogen) atoms. The van der Waals surface area contributed by atoms with Crippen molar-refractivity contribution in [2.45, 2.75) is 0 Å². The van der Waals surface area contributed by atoms with Gasteiger partial charge in [-0.15, -0.1) is 0 Å². The van der Waals surface area contributed by atoms with Crippen LogP contribution < -0.4 is 15.7 Å². The summed E-state index contributed by atoms with van der Waals surface area (Å²) in [6.45, 7) is 0.829. The van der Waals surface area contributed by atoms with Gasteiger partial charge in [0.05, 0.1) is 6.54 Å². The van der Waals surface area contributed by atoms with Crippen LogP contribution in [0.2, 0.25) is 0 Å². The van der Waals surface area contributed by atoms with Crippen LogP contribution in [0.4, 0.5) is 0 Å². The topological polar surface area (TPSA) is 26.5 Å². The predicted octanol–water partition coefficient (Wildman–Crippen LogP) is -1.09. The summed E-state index contributed by atoms with van der Waals surface area (Å²) in [5, 5.41) is 2.23. The van der Waals surface area contributed by atoms with Gasteiger partial charge in [0.25, 0.3) is 0 Å². The molecule has 0 radical (unpaired) electrons. The molecule has 0 aliphatic carbocycles. The molecule has 2 heteroatoms. The van der Waals surface area contributed by atoms with Crippen molar-refractivity contribution >= 4 is 6.08 Å². The van der Waals surface area contributed by atoms with Gasteiger partial charge in [0.15, 0.2) is 6.20 Å². The number of aromatic amines is 1. The van der Waals surface area contributed by atoms with Gasteiger partial charge in [-0.1, -0.05) is 0 Å². The zero-order valence-corrected chi connectivity index (χ0v) is 4.96. The van der Waals surface area contributed by atoms with Gasteiger partial charge in [-0.05, 0) is 6.07 Å². The molecule has 1 aliphatic rings. The van der Waals surface area contributed by atoms with Crippen LogP contribution >= 0.6 is 0 Å². The van der Waals surface area contributed by atoms with Crippen molar-refractivity contribution in [3.05, 3.63) is 29.0 Å². The Morgan fingerprint density at radius 3 is 3.44 bits per heavy atom. The van der Waals surface area contributed by atoms with Crippen molar-refractivity contribution < 1.29 is 4.98 Å². The largest absolute Gasteiger partial charge is 0.274 e. The molecule has 0 amide bonds. The van der Waals surface area contributed by atoms with Crippen molar-refractivity contribution in [2.24, 2.45) is 4.99 Å². The molecule has 0 saturated carbocycles. The Kier molecular flexibility index (Phi) is 0.859. The first-order valence-electron chi connectivity index (χ1n) is 2.98. The average Bonchev–Trinajstić information content (AvgIpc) is 2.33. The van der Waals surface area contributed by atoms with Crippen LogP contribution in [0.3, 0.4) is 0 Å². The van der Waals surface area contributed by atoms with Gasteiger partial charge in [-0.3, -0.25) is 4.99 Å². The molecule has 2 nitrogen and oxygen atoms in total. The van der Waals surface area contributed by atoms with Crippen LogP contribution in [0, 0.1) is 0 Å². The van der Waals surface area contributed by atoms with Crippen molar-refractivity contribution in [2.75, 3.05) is 6.54 Å². The van der Waals surface area contributed by atoms with Gasteiger partial charge >= 0.3 is 0 Å². The fraction of sp³-hybridized carbons (Fsp3) is 0.143. The second-order valence-electron chi connectivity index (χ2n) is 2.01. The first-order chi connectivity index (χ1) is 4.47. The van der Waals surface area contributed by atoms with Crippen molar-refractivity contribution in [1.29, 1.82) is 0 Å². The predicted molar refractivity (Wildman–Crippen MR) is 33.1 cm³/mol. The van der Waals surface area contributed by atoms with E-state index < -0.39 is 0 Å². The average molecular weight is 119 g/mol. The van der Waals surface area contributed by atoms with E-state index in [1.807, 2.05) is 18.3 Å². The van der Waals surface area contributed by atoms with E-state index in [0.29, 0.717) is 0 Å². The molecule has 0 fully saturated rings. The number of rotatable bonds is 0. The van der Waals surface area contributed by atoms with Gasteiger partial charge < -0.3 is 0 Å². The van der Waals surface area contributed by atoms with Crippen molar-refractivity contribution in [3.63, 3.8) is 0 Å². The highest BCUT2D eigenvalue weighted by Gasteiger charge is 1.96. The first-order valence-corrected chi connectivity index (χ1v) is 2.98. The second-order valence-corrected chi connectivity index (χ2v) is 2.01. The van der Waals surface area contributed by atoms with Crippen LogP contribution in [-0.4, -0.2) is 6.54 Å². The van der Waals surface area contributed by atoms with E-state index in [-0.39, 0.29) is 0 Å². The van der Waals surface area contributed by atoms with Crippen LogP contribution in [0.1, 0.15) is 0 Å². The molecule has 0 spiro atoms. The van der Waals surface area contributed by atoms with Crippen LogP contribution in [0.5, 0.6) is 0 Å². The third-order valence-electron chi connectivity index (χ3n) is 1.42. The SMILES string of the molecule is C1=c2[nH+]cccc2=NC1. The Labute approximate surface area is 52.6 Å². The monoisotopic (exact) mass is 119 g/mol. The molecule has 0 bridgehead atoms. The summed E-state index contributed by atoms with van der Waals surface area (Å²) in [6.07, 6.45) is 3.99. The lowest BCUT2D eigenvalue weighted by atomic mass is 10.4. The van der Waals surface area contributed by atoms with Crippen LogP contribution in [0.25, 0.3) is 6.08 Å². The smallest absolute Gasteiger partial charge is 0.226 e. The van der Waals surface area contributed by atoms with Crippen molar-refractivity contribution in [3.8, 4) is 0 Å². The third-order valence-corrected chi connectivity index (χ3v) is 1.42. The van der Waals surface area contributed by atoms with E-state index in [4.69, 9.17) is 0 Å². The summed E-state index contributed by atoms with van der Waals surface area (Å²) in [7, 11) is 0. The van der Waals surface area contributed by atoms with E-state index in [2.05, 4.69) is 16.1 Å². The normalized spacial score (nSPS) is 13.8. The highest BCUT2D eigenvalue weighted by Crippen LogP contribution is 1.72. The minimum atomic E-state index is 0.829. The number of hydrogen-bond donors (Lipinski definition) is 0. The summed E-state index contributed by atoms with van der Waals surface area (Å²) in [5.74, 6) is 0. The molecule has 0 saturated heterocycles. The lowest BCUT2D eigenvalue weighted by molar-refractivity contribution is -0.396. The zero-order chi connectivity index (χ0) is 6.10. The molecule has 2 rings (SSSR count). The maximum atomic E-state index is 4.21. The van der Waals surface area contributed by atoms with Crippen molar-refractivity contribution in [1.82, 2.24) is 0 Å². The number of nitrogens with zero attached hydrogens (tertiary/aromatic N) is 1. The Bertz CT molecular complexity index is 294. The standard InChI is InChI=1S/C7H6N2/c1-2-6-7(8-4-1)3-5-9-6/h1-4H,5H2/p+1. The highest BCUT2D eigenvalue weighted by atomic mass is 14.8. The van der Waals surface area contributed by atoms with Gasteiger partial charge in [-0.25, -0.2) is 4.98 Å². The number of hydrogen-bond acceptors (Lipinski definition) is 1. The molecule has 0 unspecified atom stereocenters. The van der Waals surface area contributed by atoms with E-state index in [0.717, 1.165) is 17.3 Å². The maximum Gasteiger partial charge on any atom is 0.226 e. The summed E-state index contributed by atoms with van der Waals surface area (Å²) in [4.78, 5) is 7.31. The number of aromatic nitrogens is 1. The van der Waals surface area contributed by atoms with Gasteiger partial charge in [0.2, 0.25) is 5.35 Å². The Hall–Kier alpha value is -1.18. The van der Waals surface area contributed by atoms with Crippen LogP contribution in [-0.2, 0) is 0 Å². The minimum absolute atomic E-state index is 0.829. The number of pyridine rings is 1. The van der Waals surface area contributed by atoms with E-state index >= 15 is 0 Å². The molecular weight excluding hydrogens is 112 g/mol. The summed E-state index contributed by atoms with van der Waals surface area (Å²) in [5.41, 5.74) is 0. The maximum absolute atomic E-state index is 4.21. The molecule has 0 atom stereocenters. The van der Waals surface area contributed by atoms with E-state index in [1.165, 1.54) is 0 Å². The minimum Gasteiger partial charge on any atom is -0.274 e. The summed E-state index contributed by atoms with van der Waals surface area (Å²) >= 11 is 0. The number of fused-ring (bicyclic) bond motifs is 1. The lowest BCUT2D eigenvalue weighted by Crippen LogP contribution is -2.38. The molecule has 0 aromatic carbocycles. The molecule has 2 heterocycles. The molecular formula is C7H7N2+. The number of H-pyrrole nitrogens is 1. The second kappa shape index (κ2) is 1.65. The Morgan fingerprint density at radius 1 is 1.56 bits per heavy atom. The fourth-order valence-electron chi connectivity index (χ4n) is 0.978. The van der Waals surface area contributed by atoms with Gasteiger partial charge in [-0.2, -0.15) is 0 Å². The summed E-state index contributed by atoms with van der Waals surface area (Å²) < 4.78 is 0. The Balaban J connectivity index is 2.97. The van der Waals surface area contributed by atoms with Gasteiger partial charge in [0.1, 0.15) is 5.36 Å². The number of nitrogens with one attached hydrogen (secondary N) is 1. The lowest BCUT2D eigenvalue weighted by Gasteiger charge is -1.71. The fourth-order valence-corrected chi connectivity index (χ4v) is 0.978. The summed E-state index contributed by atoms with van der Waals surface area (Å²) in [6, 6.07) is 3.97. The molecule has 1 N–H and O–H groups in total. The third kappa shape index (κ3) is 0.633. The zero-order valence-electron chi connectivity index (χ0n) is 4.96. The Morgan fingerprint density at radius 2 is 2.56 bits per heavy atom. The molecule has 1 aromatic rings. The first kappa shape index (κ1) is 4.68. The quantitative estimate of drug-likeness (QED) is 0.415. The van der Waals surface area contributed by atoms with E-state index in [9.17, 15) is 0 Å². The molecule has 1 aromatic heterocycles.